The summed E-state index contributed by atoms with van der Waals surface area (Å²) in [7, 11) is 1.61. The topological polar surface area (TPSA) is 67.9 Å². The second kappa shape index (κ2) is 7.14. The number of amides is 3. The number of nitrogens with one attached hydrogen (secondary N) is 1. The van der Waals surface area contributed by atoms with Gasteiger partial charge in [-0.15, -0.1) is 11.3 Å². The summed E-state index contributed by atoms with van der Waals surface area (Å²) in [6.07, 6.45) is 0.561. The van der Waals surface area contributed by atoms with E-state index in [9.17, 15) is 9.59 Å². The number of hydrogen-bond acceptors (Lipinski definition) is 5. The highest BCUT2D eigenvalue weighted by Gasteiger charge is 2.49. The first-order valence-electron chi connectivity index (χ1n) is 7.99. The van der Waals surface area contributed by atoms with Crippen molar-refractivity contribution in [2.75, 3.05) is 20.3 Å². The summed E-state index contributed by atoms with van der Waals surface area (Å²) in [6, 6.07) is 10.7. The Morgan fingerprint density at radius 1 is 1.16 bits per heavy atom. The number of nitrogens with zero attached hydrogens (tertiary/aromatic N) is 1. The fraction of sp³-hybridized carbons (Fsp3) is 0.333. The Morgan fingerprint density at radius 2 is 1.88 bits per heavy atom. The highest BCUT2D eigenvalue weighted by atomic mass is 32.1. The molecule has 0 radical (unpaired) electrons. The molecule has 1 fully saturated rings. The van der Waals surface area contributed by atoms with Gasteiger partial charge in [-0.05, 0) is 49.1 Å². The number of urea groups is 1. The third kappa shape index (κ3) is 3.46. The summed E-state index contributed by atoms with van der Waals surface area (Å²) in [5.74, 6) is 1.27. The SMILES string of the molecule is COc1ccc(OCCCN2C(=O)NC(C)(c3cccs3)C2=O)cc1. The van der Waals surface area contributed by atoms with Crippen LogP contribution in [0.25, 0.3) is 0 Å². The van der Waals surface area contributed by atoms with E-state index in [0.717, 1.165) is 16.4 Å². The fourth-order valence-electron chi connectivity index (χ4n) is 2.71. The van der Waals surface area contributed by atoms with Crippen LogP contribution in [0, 0.1) is 0 Å². The van der Waals surface area contributed by atoms with Crippen LogP contribution in [0.15, 0.2) is 41.8 Å². The van der Waals surface area contributed by atoms with Gasteiger partial charge in [0.2, 0.25) is 0 Å². The molecule has 25 heavy (non-hydrogen) atoms. The lowest BCUT2D eigenvalue weighted by Gasteiger charge is -2.20. The zero-order valence-corrected chi connectivity index (χ0v) is 15.0. The zero-order chi connectivity index (χ0) is 17.9. The summed E-state index contributed by atoms with van der Waals surface area (Å²) < 4.78 is 10.7. The first-order chi connectivity index (χ1) is 12.0. The van der Waals surface area contributed by atoms with Crippen molar-refractivity contribution in [3.63, 3.8) is 0 Å². The van der Waals surface area contributed by atoms with Crippen LogP contribution in [0.4, 0.5) is 4.79 Å². The van der Waals surface area contributed by atoms with Crippen LogP contribution in [0.2, 0.25) is 0 Å². The Bertz CT molecular complexity index is 745. The number of carbonyl (C=O) groups is 2. The quantitative estimate of drug-likeness (QED) is 0.609. The van der Waals surface area contributed by atoms with E-state index in [4.69, 9.17) is 9.47 Å². The average Bonchev–Trinajstić information content (AvgIpc) is 3.23. The summed E-state index contributed by atoms with van der Waals surface area (Å²) in [6.45, 7) is 2.48. The number of benzene rings is 1. The van der Waals surface area contributed by atoms with Crippen LogP contribution in [-0.2, 0) is 10.3 Å². The molecule has 1 aliphatic heterocycles. The maximum Gasteiger partial charge on any atom is 0.325 e. The van der Waals surface area contributed by atoms with Crippen molar-refractivity contribution in [1.82, 2.24) is 10.2 Å². The fourth-order valence-corrected chi connectivity index (χ4v) is 3.55. The molecule has 0 spiro atoms. The lowest BCUT2D eigenvalue weighted by molar-refractivity contribution is -0.131. The van der Waals surface area contributed by atoms with Gasteiger partial charge < -0.3 is 14.8 Å². The van der Waals surface area contributed by atoms with Crippen LogP contribution in [0.1, 0.15) is 18.2 Å². The molecule has 1 saturated heterocycles. The monoisotopic (exact) mass is 360 g/mol. The number of methoxy groups -OCH3 is 1. The van der Waals surface area contributed by atoms with E-state index >= 15 is 0 Å². The summed E-state index contributed by atoms with van der Waals surface area (Å²) in [5.41, 5.74) is -0.970. The van der Waals surface area contributed by atoms with Crippen LogP contribution >= 0.6 is 11.3 Å². The van der Waals surface area contributed by atoms with Crippen molar-refractivity contribution >= 4 is 23.3 Å². The molecule has 1 N–H and O–H groups in total. The maximum absolute atomic E-state index is 12.7. The maximum atomic E-state index is 12.7. The minimum Gasteiger partial charge on any atom is -0.497 e. The van der Waals surface area contributed by atoms with E-state index in [0.29, 0.717) is 19.6 Å². The summed E-state index contributed by atoms with van der Waals surface area (Å²) >= 11 is 1.46. The van der Waals surface area contributed by atoms with Gasteiger partial charge in [0, 0.05) is 11.4 Å². The van der Waals surface area contributed by atoms with Gasteiger partial charge >= 0.3 is 6.03 Å². The molecule has 3 amide bonds. The lowest BCUT2D eigenvalue weighted by atomic mass is 10.0. The molecule has 3 rings (SSSR count). The van der Waals surface area contributed by atoms with Gasteiger partial charge in [0.1, 0.15) is 11.5 Å². The van der Waals surface area contributed by atoms with Crippen molar-refractivity contribution in [3.8, 4) is 11.5 Å². The molecule has 0 bridgehead atoms. The van der Waals surface area contributed by atoms with Crippen LogP contribution in [-0.4, -0.2) is 37.1 Å². The van der Waals surface area contributed by atoms with Gasteiger partial charge in [-0.1, -0.05) is 6.07 Å². The molecule has 0 aliphatic carbocycles. The van der Waals surface area contributed by atoms with Crippen molar-refractivity contribution in [3.05, 3.63) is 46.7 Å². The van der Waals surface area contributed by atoms with E-state index < -0.39 is 5.54 Å². The van der Waals surface area contributed by atoms with Gasteiger partial charge in [-0.2, -0.15) is 0 Å². The normalized spacial score (nSPS) is 19.8. The zero-order valence-electron chi connectivity index (χ0n) is 14.2. The van der Waals surface area contributed by atoms with Crippen LogP contribution in [0.5, 0.6) is 11.5 Å². The Hall–Kier alpha value is -2.54. The Labute approximate surface area is 150 Å². The number of rotatable bonds is 7. The molecule has 1 aliphatic rings. The highest BCUT2D eigenvalue weighted by Crippen LogP contribution is 2.31. The van der Waals surface area contributed by atoms with Gasteiger partial charge in [0.15, 0.2) is 5.54 Å². The average molecular weight is 360 g/mol. The van der Waals surface area contributed by atoms with E-state index in [-0.39, 0.29) is 11.9 Å². The summed E-state index contributed by atoms with van der Waals surface area (Å²) in [5, 5.41) is 4.69. The predicted molar refractivity (Wildman–Crippen MR) is 95.0 cm³/mol. The van der Waals surface area contributed by atoms with Crippen molar-refractivity contribution in [2.45, 2.75) is 18.9 Å². The number of thiophene rings is 1. The minimum absolute atomic E-state index is 0.218. The number of hydrogen-bond donors (Lipinski definition) is 1. The third-order valence-corrected chi connectivity index (χ3v) is 5.23. The molecule has 1 aromatic heterocycles. The number of carbonyl (C=O) groups excluding carboxylic acids is 2. The summed E-state index contributed by atoms with van der Waals surface area (Å²) in [4.78, 5) is 26.9. The molecule has 0 saturated carbocycles. The van der Waals surface area contributed by atoms with Crippen LogP contribution in [0.3, 0.4) is 0 Å². The molecule has 2 aromatic rings. The smallest absolute Gasteiger partial charge is 0.325 e. The Morgan fingerprint density at radius 3 is 2.52 bits per heavy atom. The standard InChI is InChI=1S/C18H20N2O4S/c1-18(15-5-3-12-25-15)16(21)20(17(22)19-18)10-4-11-24-14-8-6-13(23-2)7-9-14/h3,5-9,12H,4,10-11H2,1-2H3,(H,19,22). The van der Waals surface area contributed by atoms with Gasteiger partial charge in [-0.3, -0.25) is 9.69 Å². The van der Waals surface area contributed by atoms with Gasteiger partial charge in [-0.25, -0.2) is 4.79 Å². The van der Waals surface area contributed by atoms with Crippen molar-refractivity contribution in [1.29, 1.82) is 0 Å². The van der Waals surface area contributed by atoms with E-state index in [1.165, 1.54) is 16.2 Å². The molecule has 1 atom stereocenters. The minimum atomic E-state index is -0.970. The predicted octanol–water partition coefficient (Wildman–Crippen LogP) is 2.99. The number of imide groups is 1. The second-order valence-corrected chi connectivity index (χ2v) is 6.81. The van der Waals surface area contributed by atoms with E-state index in [2.05, 4.69) is 5.32 Å². The van der Waals surface area contributed by atoms with E-state index in [1.54, 1.807) is 14.0 Å². The van der Waals surface area contributed by atoms with E-state index in [1.807, 2.05) is 41.8 Å². The van der Waals surface area contributed by atoms with Gasteiger partial charge in [0.05, 0.1) is 13.7 Å². The molecule has 132 valence electrons. The molecule has 2 heterocycles. The molecule has 7 heteroatoms. The first kappa shape index (κ1) is 17.3. The Balaban J connectivity index is 1.53. The first-order valence-corrected chi connectivity index (χ1v) is 8.87. The third-order valence-electron chi connectivity index (χ3n) is 4.14. The van der Waals surface area contributed by atoms with Gasteiger partial charge in [0.25, 0.3) is 5.91 Å². The molecular formula is C18H20N2O4S. The number of ether oxygens (including phenoxy) is 2. The van der Waals surface area contributed by atoms with Crippen molar-refractivity contribution < 1.29 is 19.1 Å². The molecule has 6 nitrogen and oxygen atoms in total. The second-order valence-electron chi connectivity index (χ2n) is 5.87. The highest BCUT2D eigenvalue weighted by molar-refractivity contribution is 7.10. The van der Waals surface area contributed by atoms with Crippen molar-refractivity contribution in [2.24, 2.45) is 0 Å². The molecule has 1 unspecified atom stereocenters. The Kier molecular flexibility index (Phi) is 4.94. The molecular weight excluding hydrogens is 340 g/mol. The lowest BCUT2D eigenvalue weighted by Crippen LogP contribution is -2.40. The van der Waals surface area contributed by atoms with Crippen LogP contribution < -0.4 is 14.8 Å². The largest absolute Gasteiger partial charge is 0.497 e. The molecule has 1 aromatic carbocycles.